The number of nitrogens with two attached hydrogens (primary N) is 1. The molecule has 3 rings (SSSR count). The van der Waals surface area contributed by atoms with E-state index < -0.39 is 0 Å². The van der Waals surface area contributed by atoms with E-state index in [1.807, 2.05) is 6.33 Å². The number of anilines is 2. The number of hydrogen-bond donors (Lipinski definition) is 1. The SMILES string of the molecule is CCN(CC)c1nc(N)nc2c1ncn2C1CCCCC1. The smallest absolute Gasteiger partial charge is 0.224 e. The molecular weight excluding hydrogens is 264 g/mol. The van der Waals surface area contributed by atoms with Crippen LogP contribution < -0.4 is 10.6 Å². The molecule has 21 heavy (non-hydrogen) atoms. The second kappa shape index (κ2) is 5.87. The van der Waals surface area contributed by atoms with Gasteiger partial charge in [0.2, 0.25) is 5.95 Å². The first-order valence-electron chi connectivity index (χ1n) is 7.99. The number of rotatable bonds is 4. The number of hydrogen-bond acceptors (Lipinski definition) is 5. The lowest BCUT2D eigenvalue weighted by molar-refractivity contribution is 0.358. The minimum atomic E-state index is 0.335. The van der Waals surface area contributed by atoms with Crippen molar-refractivity contribution < 1.29 is 0 Å². The van der Waals surface area contributed by atoms with Gasteiger partial charge in [-0.1, -0.05) is 19.3 Å². The molecule has 6 nitrogen and oxygen atoms in total. The lowest BCUT2D eigenvalue weighted by Crippen LogP contribution is -2.24. The standard InChI is InChI=1S/C15H24N6/c1-3-20(4-2)13-12-14(19-15(16)18-13)21(10-17-12)11-8-6-5-7-9-11/h10-11H,3-9H2,1-2H3,(H2,16,18,19). The summed E-state index contributed by atoms with van der Waals surface area (Å²) in [5.41, 5.74) is 7.70. The summed E-state index contributed by atoms with van der Waals surface area (Å²) in [6.45, 7) is 6.01. The van der Waals surface area contributed by atoms with Crippen LogP contribution in [0.2, 0.25) is 0 Å². The predicted octanol–water partition coefficient (Wildman–Crippen LogP) is 2.76. The van der Waals surface area contributed by atoms with Crippen LogP contribution in [0.3, 0.4) is 0 Å². The van der Waals surface area contributed by atoms with Gasteiger partial charge in [-0.15, -0.1) is 0 Å². The summed E-state index contributed by atoms with van der Waals surface area (Å²) in [5.74, 6) is 1.19. The molecule has 0 amide bonds. The topological polar surface area (TPSA) is 72.9 Å². The maximum Gasteiger partial charge on any atom is 0.224 e. The number of fused-ring (bicyclic) bond motifs is 1. The van der Waals surface area contributed by atoms with Crippen molar-refractivity contribution in [3.63, 3.8) is 0 Å². The van der Waals surface area contributed by atoms with Gasteiger partial charge in [0.15, 0.2) is 17.0 Å². The summed E-state index contributed by atoms with van der Waals surface area (Å²) in [6.07, 6.45) is 8.24. The third kappa shape index (κ3) is 2.54. The Hall–Kier alpha value is -1.85. The molecule has 1 fully saturated rings. The van der Waals surface area contributed by atoms with E-state index >= 15 is 0 Å². The Morgan fingerprint density at radius 3 is 2.57 bits per heavy atom. The molecule has 1 saturated carbocycles. The molecule has 2 heterocycles. The Bertz CT molecular complexity index is 610. The molecule has 0 atom stereocenters. The zero-order chi connectivity index (χ0) is 14.8. The maximum atomic E-state index is 5.94. The monoisotopic (exact) mass is 288 g/mol. The largest absolute Gasteiger partial charge is 0.368 e. The van der Waals surface area contributed by atoms with E-state index in [9.17, 15) is 0 Å². The average Bonchev–Trinajstić information content (AvgIpc) is 2.93. The predicted molar refractivity (Wildman–Crippen MR) is 85.4 cm³/mol. The quantitative estimate of drug-likeness (QED) is 0.936. The second-order valence-electron chi connectivity index (χ2n) is 5.69. The molecule has 2 aromatic rings. The van der Waals surface area contributed by atoms with Gasteiger partial charge in [-0.3, -0.25) is 0 Å². The van der Waals surface area contributed by atoms with Gasteiger partial charge in [0.05, 0.1) is 6.33 Å². The van der Waals surface area contributed by atoms with Gasteiger partial charge >= 0.3 is 0 Å². The first-order valence-corrected chi connectivity index (χ1v) is 7.99. The highest BCUT2D eigenvalue weighted by molar-refractivity contribution is 5.84. The summed E-state index contributed by atoms with van der Waals surface area (Å²) in [5, 5.41) is 0. The van der Waals surface area contributed by atoms with E-state index in [1.54, 1.807) is 0 Å². The zero-order valence-corrected chi connectivity index (χ0v) is 12.9. The van der Waals surface area contributed by atoms with Crippen LogP contribution in [-0.2, 0) is 0 Å². The molecule has 114 valence electrons. The van der Waals surface area contributed by atoms with Crippen LogP contribution in [0.1, 0.15) is 52.0 Å². The minimum absolute atomic E-state index is 0.335. The molecule has 0 spiro atoms. The van der Waals surface area contributed by atoms with Gasteiger partial charge in [-0.25, -0.2) is 4.98 Å². The third-order valence-electron chi connectivity index (χ3n) is 4.45. The van der Waals surface area contributed by atoms with E-state index in [4.69, 9.17) is 5.73 Å². The zero-order valence-electron chi connectivity index (χ0n) is 12.9. The van der Waals surface area contributed by atoms with Crippen molar-refractivity contribution in [3.8, 4) is 0 Å². The summed E-state index contributed by atoms with van der Waals surface area (Å²) in [4.78, 5) is 15.7. The number of nitrogen functional groups attached to an aromatic ring is 1. The molecule has 6 heteroatoms. The lowest BCUT2D eigenvalue weighted by atomic mass is 9.95. The van der Waals surface area contributed by atoms with E-state index in [2.05, 4.69) is 38.3 Å². The van der Waals surface area contributed by atoms with E-state index in [0.717, 1.165) is 30.1 Å². The summed E-state index contributed by atoms with van der Waals surface area (Å²) in [7, 11) is 0. The number of imidazole rings is 1. The Balaban J connectivity index is 2.08. The van der Waals surface area contributed by atoms with Crippen molar-refractivity contribution in [3.05, 3.63) is 6.33 Å². The molecule has 2 aromatic heterocycles. The Kier molecular flexibility index (Phi) is 3.94. The molecule has 0 unspecified atom stereocenters. The van der Waals surface area contributed by atoms with Crippen LogP contribution in [0.25, 0.3) is 11.2 Å². The highest BCUT2D eigenvalue weighted by atomic mass is 15.2. The molecule has 0 radical (unpaired) electrons. The fourth-order valence-electron chi connectivity index (χ4n) is 3.29. The van der Waals surface area contributed by atoms with Crippen LogP contribution in [0.4, 0.5) is 11.8 Å². The molecule has 1 aliphatic rings. The lowest BCUT2D eigenvalue weighted by Gasteiger charge is -2.24. The first kappa shape index (κ1) is 14.1. The van der Waals surface area contributed by atoms with Crippen LogP contribution in [0.15, 0.2) is 6.33 Å². The van der Waals surface area contributed by atoms with Crippen LogP contribution in [0.5, 0.6) is 0 Å². The Morgan fingerprint density at radius 2 is 1.90 bits per heavy atom. The van der Waals surface area contributed by atoms with E-state index in [1.165, 1.54) is 32.1 Å². The maximum absolute atomic E-state index is 5.94. The molecule has 0 bridgehead atoms. The molecule has 0 aliphatic heterocycles. The van der Waals surface area contributed by atoms with Gasteiger partial charge in [0.1, 0.15) is 0 Å². The van der Waals surface area contributed by atoms with Crippen LogP contribution in [0, 0.1) is 0 Å². The van der Waals surface area contributed by atoms with Gasteiger partial charge in [0.25, 0.3) is 0 Å². The van der Waals surface area contributed by atoms with Crippen molar-refractivity contribution in [1.82, 2.24) is 19.5 Å². The Morgan fingerprint density at radius 1 is 1.19 bits per heavy atom. The van der Waals surface area contributed by atoms with E-state index in [0.29, 0.717) is 12.0 Å². The summed E-state index contributed by atoms with van der Waals surface area (Å²) < 4.78 is 2.21. The van der Waals surface area contributed by atoms with Crippen LogP contribution >= 0.6 is 0 Å². The van der Waals surface area contributed by atoms with Gasteiger partial charge in [0, 0.05) is 19.1 Å². The average molecular weight is 288 g/mol. The number of nitrogens with zero attached hydrogens (tertiary/aromatic N) is 5. The normalized spacial score (nSPS) is 16.5. The van der Waals surface area contributed by atoms with Gasteiger partial charge < -0.3 is 15.2 Å². The van der Waals surface area contributed by atoms with Crippen molar-refractivity contribution in [1.29, 1.82) is 0 Å². The van der Waals surface area contributed by atoms with Crippen molar-refractivity contribution in [2.45, 2.75) is 52.0 Å². The van der Waals surface area contributed by atoms with E-state index in [-0.39, 0.29) is 0 Å². The minimum Gasteiger partial charge on any atom is -0.368 e. The molecule has 0 aromatic carbocycles. The summed E-state index contributed by atoms with van der Waals surface area (Å²) in [6, 6.07) is 0.502. The van der Waals surface area contributed by atoms with Crippen molar-refractivity contribution >= 4 is 22.9 Å². The molecule has 1 aliphatic carbocycles. The van der Waals surface area contributed by atoms with Gasteiger partial charge in [-0.2, -0.15) is 9.97 Å². The number of aromatic nitrogens is 4. The summed E-state index contributed by atoms with van der Waals surface area (Å²) >= 11 is 0. The van der Waals surface area contributed by atoms with Gasteiger partial charge in [-0.05, 0) is 26.7 Å². The van der Waals surface area contributed by atoms with Crippen LogP contribution in [-0.4, -0.2) is 32.6 Å². The fraction of sp³-hybridized carbons (Fsp3) is 0.667. The second-order valence-corrected chi connectivity index (χ2v) is 5.69. The highest BCUT2D eigenvalue weighted by Crippen LogP contribution is 2.32. The molecule has 0 saturated heterocycles. The van der Waals surface area contributed by atoms with Crippen molar-refractivity contribution in [2.75, 3.05) is 23.7 Å². The Labute approximate surface area is 125 Å². The van der Waals surface area contributed by atoms with Crippen molar-refractivity contribution in [2.24, 2.45) is 0 Å². The first-order chi connectivity index (χ1) is 10.2. The highest BCUT2D eigenvalue weighted by Gasteiger charge is 2.21. The third-order valence-corrected chi connectivity index (χ3v) is 4.45. The molecular formula is C15H24N6. The fourth-order valence-corrected chi connectivity index (χ4v) is 3.29. The molecule has 2 N–H and O–H groups in total.